The Labute approximate surface area is 129 Å². The lowest BCUT2D eigenvalue weighted by atomic mass is 9.99. The van der Waals surface area contributed by atoms with Crippen LogP contribution in [-0.2, 0) is 4.79 Å². The Morgan fingerprint density at radius 1 is 1.05 bits per heavy atom. The van der Waals surface area contributed by atoms with Gasteiger partial charge in [0, 0.05) is 12.6 Å². The van der Waals surface area contributed by atoms with Crippen LogP contribution in [0.25, 0.3) is 0 Å². The van der Waals surface area contributed by atoms with Crippen LogP contribution in [0.15, 0.2) is 0 Å². The molecule has 124 valence electrons. The van der Waals surface area contributed by atoms with Gasteiger partial charge in [0.25, 0.3) is 0 Å². The Bertz CT molecular complexity index is 327. The number of amides is 2. The van der Waals surface area contributed by atoms with Crippen molar-refractivity contribution in [2.75, 3.05) is 6.54 Å². The predicted molar refractivity (Wildman–Crippen MR) is 85.3 cm³/mol. The monoisotopic (exact) mass is 300 g/mol. The molecule has 0 saturated heterocycles. The van der Waals surface area contributed by atoms with Gasteiger partial charge in [-0.3, -0.25) is 0 Å². The zero-order valence-electron chi connectivity index (χ0n) is 14.3. The van der Waals surface area contributed by atoms with E-state index in [0.29, 0.717) is 18.9 Å². The summed E-state index contributed by atoms with van der Waals surface area (Å²) in [5.74, 6) is -0.705. The molecule has 0 radical (unpaired) electrons. The summed E-state index contributed by atoms with van der Waals surface area (Å²) >= 11 is 0. The second-order valence-electron chi connectivity index (χ2n) is 6.17. The van der Waals surface area contributed by atoms with Crippen LogP contribution < -0.4 is 5.32 Å². The molecule has 2 N–H and O–H groups in total. The largest absolute Gasteiger partial charge is 0.480 e. The molecule has 0 aromatic rings. The third-order valence-corrected chi connectivity index (χ3v) is 3.96. The SMILES string of the molecule is CCC(C)[C@H](NC(=O)N(CC(C)C)C(CC)CC)C(=O)O. The van der Waals surface area contributed by atoms with Gasteiger partial charge >= 0.3 is 12.0 Å². The molecule has 1 unspecified atom stereocenters. The molecule has 0 aromatic heterocycles. The van der Waals surface area contributed by atoms with Crippen LogP contribution in [0.4, 0.5) is 4.79 Å². The van der Waals surface area contributed by atoms with E-state index in [4.69, 9.17) is 0 Å². The number of carboxylic acids is 1. The molecule has 2 amide bonds. The summed E-state index contributed by atoms with van der Waals surface area (Å²) in [6.45, 7) is 12.7. The third-order valence-electron chi connectivity index (χ3n) is 3.96. The Morgan fingerprint density at radius 2 is 1.57 bits per heavy atom. The molecule has 5 heteroatoms. The van der Waals surface area contributed by atoms with Crippen LogP contribution in [0.1, 0.15) is 60.8 Å². The molecule has 21 heavy (non-hydrogen) atoms. The number of carbonyl (C=O) groups is 2. The number of hydrogen-bond donors (Lipinski definition) is 2. The molecule has 2 atom stereocenters. The Hall–Kier alpha value is -1.26. The number of aliphatic carboxylic acids is 1. The minimum atomic E-state index is -0.966. The highest BCUT2D eigenvalue weighted by atomic mass is 16.4. The first-order valence-electron chi connectivity index (χ1n) is 8.08. The van der Waals surface area contributed by atoms with Crippen molar-refractivity contribution in [2.45, 2.75) is 72.9 Å². The standard InChI is InChI=1S/C16H32N2O3/c1-7-12(6)14(15(19)20)17-16(21)18(10-11(4)5)13(8-2)9-3/h11-14H,7-10H2,1-6H3,(H,17,21)(H,19,20)/t12?,14-/m0/s1. The number of hydrogen-bond acceptors (Lipinski definition) is 2. The van der Waals surface area contributed by atoms with Gasteiger partial charge in [-0.1, -0.05) is 48.0 Å². The number of carbonyl (C=O) groups excluding carboxylic acids is 1. The van der Waals surface area contributed by atoms with Crippen molar-refractivity contribution >= 4 is 12.0 Å². The molecule has 0 bridgehead atoms. The van der Waals surface area contributed by atoms with E-state index in [1.54, 1.807) is 4.90 Å². The van der Waals surface area contributed by atoms with Crippen molar-refractivity contribution in [1.29, 1.82) is 0 Å². The van der Waals surface area contributed by atoms with E-state index in [1.807, 2.05) is 13.8 Å². The summed E-state index contributed by atoms with van der Waals surface area (Å²) in [6, 6.07) is -0.935. The highest BCUT2D eigenvalue weighted by Gasteiger charge is 2.29. The maximum Gasteiger partial charge on any atom is 0.326 e. The average molecular weight is 300 g/mol. The molecular formula is C16H32N2O3. The quantitative estimate of drug-likeness (QED) is 0.686. The highest BCUT2D eigenvalue weighted by molar-refractivity contribution is 5.83. The Kier molecular flexibility index (Phi) is 9.06. The molecule has 0 fully saturated rings. The summed E-state index contributed by atoms with van der Waals surface area (Å²) in [5.41, 5.74) is 0. The van der Waals surface area contributed by atoms with E-state index in [1.165, 1.54) is 0 Å². The lowest BCUT2D eigenvalue weighted by Crippen LogP contribution is -2.53. The predicted octanol–water partition coefficient (Wildman–Crippen LogP) is 3.34. The number of nitrogens with one attached hydrogen (secondary N) is 1. The van der Waals surface area contributed by atoms with E-state index >= 15 is 0 Å². The average Bonchev–Trinajstić information content (AvgIpc) is 2.43. The van der Waals surface area contributed by atoms with Gasteiger partial charge in [0.2, 0.25) is 0 Å². The first-order valence-corrected chi connectivity index (χ1v) is 8.08. The van der Waals surface area contributed by atoms with Crippen LogP contribution in [-0.4, -0.2) is 40.6 Å². The normalized spacial score (nSPS) is 14.1. The maximum absolute atomic E-state index is 12.5. The van der Waals surface area contributed by atoms with Gasteiger partial charge in [-0.2, -0.15) is 0 Å². The fourth-order valence-electron chi connectivity index (χ4n) is 2.42. The minimum Gasteiger partial charge on any atom is -0.480 e. The van der Waals surface area contributed by atoms with E-state index < -0.39 is 12.0 Å². The van der Waals surface area contributed by atoms with Gasteiger partial charge in [-0.15, -0.1) is 0 Å². The fraction of sp³-hybridized carbons (Fsp3) is 0.875. The van der Waals surface area contributed by atoms with Crippen molar-refractivity contribution in [3.8, 4) is 0 Å². The van der Waals surface area contributed by atoms with Gasteiger partial charge in [0.05, 0.1) is 0 Å². The van der Waals surface area contributed by atoms with Crippen molar-refractivity contribution in [1.82, 2.24) is 10.2 Å². The summed E-state index contributed by atoms with van der Waals surface area (Å²) in [6.07, 6.45) is 2.46. The second-order valence-corrected chi connectivity index (χ2v) is 6.17. The Morgan fingerprint density at radius 3 is 1.90 bits per heavy atom. The van der Waals surface area contributed by atoms with E-state index in [0.717, 1.165) is 12.8 Å². The van der Waals surface area contributed by atoms with Gasteiger partial charge in [0.1, 0.15) is 6.04 Å². The van der Waals surface area contributed by atoms with Crippen LogP contribution in [0.2, 0.25) is 0 Å². The van der Waals surface area contributed by atoms with Gasteiger partial charge < -0.3 is 15.3 Å². The number of nitrogens with zero attached hydrogens (tertiary/aromatic N) is 1. The van der Waals surface area contributed by atoms with Crippen LogP contribution in [0, 0.1) is 11.8 Å². The molecule has 0 aromatic carbocycles. The lowest BCUT2D eigenvalue weighted by Gasteiger charge is -2.34. The van der Waals surface area contributed by atoms with Crippen molar-refractivity contribution < 1.29 is 14.7 Å². The molecule has 5 nitrogen and oxygen atoms in total. The zero-order valence-corrected chi connectivity index (χ0v) is 14.3. The molecule has 0 aliphatic carbocycles. The van der Waals surface area contributed by atoms with Crippen LogP contribution in [0.3, 0.4) is 0 Å². The summed E-state index contributed by atoms with van der Waals surface area (Å²) in [7, 11) is 0. The van der Waals surface area contributed by atoms with E-state index in [9.17, 15) is 14.7 Å². The van der Waals surface area contributed by atoms with Gasteiger partial charge in [-0.25, -0.2) is 9.59 Å². The molecule has 0 saturated carbocycles. The topological polar surface area (TPSA) is 69.6 Å². The number of urea groups is 1. The molecule has 0 heterocycles. The van der Waals surface area contributed by atoms with Crippen molar-refractivity contribution in [3.63, 3.8) is 0 Å². The lowest BCUT2D eigenvalue weighted by molar-refractivity contribution is -0.140. The van der Waals surface area contributed by atoms with E-state index in [-0.39, 0.29) is 18.0 Å². The Balaban J connectivity index is 5.05. The smallest absolute Gasteiger partial charge is 0.326 e. The second kappa shape index (κ2) is 9.64. The molecule has 0 rings (SSSR count). The first-order chi connectivity index (χ1) is 9.78. The van der Waals surface area contributed by atoms with Crippen molar-refractivity contribution in [2.24, 2.45) is 11.8 Å². The molecule has 0 aliphatic heterocycles. The minimum absolute atomic E-state index is 0.0888. The maximum atomic E-state index is 12.5. The zero-order chi connectivity index (χ0) is 16.6. The van der Waals surface area contributed by atoms with Crippen molar-refractivity contribution in [3.05, 3.63) is 0 Å². The van der Waals surface area contributed by atoms with Gasteiger partial charge in [0.15, 0.2) is 0 Å². The van der Waals surface area contributed by atoms with Crippen LogP contribution >= 0.6 is 0 Å². The van der Waals surface area contributed by atoms with Crippen LogP contribution in [0.5, 0.6) is 0 Å². The number of rotatable bonds is 9. The first kappa shape index (κ1) is 19.7. The summed E-state index contributed by atoms with van der Waals surface area (Å²) < 4.78 is 0. The van der Waals surface area contributed by atoms with E-state index in [2.05, 4.69) is 33.0 Å². The number of carboxylic acid groups (broad SMARTS) is 1. The molecule has 0 aliphatic rings. The summed E-state index contributed by atoms with van der Waals surface area (Å²) in [4.78, 5) is 25.7. The molecule has 0 spiro atoms. The fourth-order valence-corrected chi connectivity index (χ4v) is 2.42. The third kappa shape index (κ3) is 6.36. The molecular weight excluding hydrogens is 268 g/mol. The van der Waals surface area contributed by atoms with Gasteiger partial charge in [-0.05, 0) is 24.7 Å². The highest BCUT2D eigenvalue weighted by Crippen LogP contribution is 2.14. The summed E-state index contributed by atoms with van der Waals surface area (Å²) in [5, 5.41) is 12.0.